The van der Waals surface area contributed by atoms with E-state index in [2.05, 4.69) is 17.4 Å². The predicted molar refractivity (Wildman–Crippen MR) is 56.1 cm³/mol. The van der Waals surface area contributed by atoms with Crippen LogP contribution < -0.4 is 5.32 Å². The lowest BCUT2D eigenvalue weighted by Gasteiger charge is -2.26. The van der Waals surface area contributed by atoms with Crippen molar-refractivity contribution in [1.29, 1.82) is 0 Å². The predicted octanol–water partition coefficient (Wildman–Crippen LogP) is 2.49. The number of hydrogen-bond acceptors (Lipinski definition) is 1. The molecule has 0 bridgehead atoms. The molecule has 1 heterocycles. The second-order valence-electron chi connectivity index (χ2n) is 3.69. The molecule has 0 unspecified atom stereocenters. The molecule has 1 N–H and O–H groups in total. The van der Waals surface area contributed by atoms with E-state index in [4.69, 9.17) is 11.6 Å². The summed E-state index contributed by atoms with van der Waals surface area (Å²) in [5, 5.41) is 4.13. The number of halogens is 1. The third-order valence-electron chi connectivity index (χ3n) is 2.60. The quantitative estimate of drug-likeness (QED) is 0.782. The Labute approximate surface area is 84.1 Å². The van der Waals surface area contributed by atoms with Gasteiger partial charge in [0.2, 0.25) is 0 Å². The van der Waals surface area contributed by atoms with Crippen LogP contribution in [0.5, 0.6) is 0 Å². The molecular formula is C11H14ClN. The third kappa shape index (κ3) is 2.45. The van der Waals surface area contributed by atoms with Crippen LogP contribution in [0.1, 0.15) is 12.0 Å². The van der Waals surface area contributed by atoms with E-state index in [1.54, 1.807) is 0 Å². The van der Waals surface area contributed by atoms with Crippen LogP contribution in [0.3, 0.4) is 0 Å². The molecule has 70 valence electrons. The summed E-state index contributed by atoms with van der Waals surface area (Å²) in [6, 6.07) is 8.16. The summed E-state index contributed by atoms with van der Waals surface area (Å²) in [7, 11) is 0. The first kappa shape index (κ1) is 9.04. The lowest BCUT2D eigenvalue weighted by Crippen LogP contribution is -2.42. The average Bonchev–Trinajstić information content (AvgIpc) is 2.01. The van der Waals surface area contributed by atoms with Crippen LogP contribution in [0.25, 0.3) is 0 Å². The molecule has 1 saturated heterocycles. The molecule has 13 heavy (non-hydrogen) atoms. The van der Waals surface area contributed by atoms with Gasteiger partial charge in [0.1, 0.15) is 0 Å². The number of nitrogens with one attached hydrogen (secondary N) is 1. The SMILES string of the molecule is Clc1cccc(CCC2CNC2)c1. The molecule has 1 aliphatic rings. The van der Waals surface area contributed by atoms with Gasteiger partial charge in [-0.1, -0.05) is 23.7 Å². The molecule has 0 aromatic heterocycles. The number of aryl methyl sites for hydroxylation is 1. The monoisotopic (exact) mass is 195 g/mol. The number of rotatable bonds is 3. The number of hydrogen-bond donors (Lipinski definition) is 1. The number of benzene rings is 1. The van der Waals surface area contributed by atoms with Crippen LogP contribution in [0.2, 0.25) is 5.02 Å². The first-order valence-corrected chi connectivity index (χ1v) is 5.17. The Morgan fingerprint density at radius 2 is 2.23 bits per heavy atom. The van der Waals surface area contributed by atoms with Crippen molar-refractivity contribution in [1.82, 2.24) is 5.32 Å². The summed E-state index contributed by atoms with van der Waals surface area (Å²) in [5.74, 6) is 0.888. The van der Waals surface area contributed by atoms with E-state index in [1.807, 2.05) is 12.1 Å². The molecule has 0 amide bonds. The van der Waals surface area contributed by atoms with Gasteiger partial charge in [0.25, 0.3) is 0 Å². The molecule has 0 radical (unpaired) electrons. The molecule has 0 atom stereocenters. The first-order valence-electron chi connectivity index (χ1n) is 4.80. The van der Waals surface area contributed by atoms with Crippen LogP contribution >= 0.6 is 11.6 Å². The Kier molecular flexibility index (Phi) is 2.87. The summed E-state index contributed by atoms with van der Waals surface area (Å²) >= 11 is 5.90. The Morgan fingerprint density at radius 3 is 2.85 bits per heavy atom. The molecule has 1 fully saturated rings. The van der Waals surface area contributed by atoms with E-state index in [0.717, 1.165) is 17.4 Å². The lowest BCUT2D eigenvalue weighted by molar-refractivity contribution is 0.328. The van der Waals surface area contributed by atoms with Gasteiger partial charge in [-0.25, -0.2) is 0 Å². The van der Waals surface area contributed by atoms with Crippen LogP contribution in [0.4, 0.5) is 0 Å². The van der Waals surface area contributed by atoms with Gasteiger partial charge in [-0.15, -0.1) is 0 Å². The molecule has 1 nitrogen and oxygen atoms in total. The van der Waals surface area contributed by atoms with Crippen LogP contribution in [0, 0.1) is 5.92 Å². The molecule has 2 rings (SSSR count). The minimum Gasteiger partial charge on any atom is -0.316 e. The molecular weight excluding hydrogens is 182 g/mol. The fourth-order valence-corrected chi connectivity index (χ4v) is 1.83. The van der Waals surface area contributed by atoms with Crippen molar-refractivity contribution in [3.8, 4) is 0 Å². The van der Waals surface area contributed by atoms with Crippen LogP contribution in [-0.2, 0) is 6.42 Å². The molecule has 1 aliphatic heterocycles. The van der Waals surface area contributed by atoms with Gasteiger partial charge in [-0.05, 0) is 49.5 Å². The highest BCUT2D eigenvalue weighted by molar-refractivity contribution is 6.30. The van der Waals surface area contributed by atoms with E-state index in [1.165, 1.54) is 25.1 Å². The standard InChI is InChI=1S/C11H14ClN/c12-11-3-1-2-9(6-11)4-5-10-7-13-8-10/h1-3,6,10,13H,4-5,7-8H2. The zero-order valence-electron chi connectivity index (χ0n) is 7.59. The third-order valence-corrected chi connectivity index (χ3v) is 2.83. The Hall–Kier alpha value is -0.530. The van der Waals surface area contributed by atoms with Gasteiger partial charge in [-0.3, -0.25) is 0 Å². The van der Waals surface area contributed by atoms with E-state index in [0.29, 0.717) is 0 Å². The molecule has 2 heteroatoms. The second-order valence-corrected chi connectivity index (χ2v) is 4.13. The maximum atomic E-state index is 5.90. The minimum atomic E-state index is 0.851. The topological polar surface area (TPSA) is 12.0 Å². The largest absolute Gasteiger partial charge is 0.316 e. The van der Waals surface area contributed by atoms with Crippen LogP contribution in [-0.4, -0.2) is 13.1 Å². The van der Waals surface area contributed by atoms with Gasteiger partial charge in [0.05, 0.1) is 0 Å². The van der Waals surface area contributed by atoms with E-state index >= 15 is 0 Å². The fourth-order valence-electron chi connectivity index (χ4n) is 1.62. The summed E-state index contributed by atoms with van der Waals surface area (Å²) in [6.45, 7) is 2.39. The van der Waals surface area contributed by atoms with Gasteiger partial charge in [-0.2, -0.15) is 0 Å². The summed E-state index contributed by atoms with van der Waals surface area (Å²) in [5.41, 5.74) is 1.36. The fraction of sp³-hybridized carbons (Fsp3) is 0.455. The van der Waals surface area contributed by atoms with Crippen molar-refractivity contribution in [2.45, 2.75) is 12.8 Å². The zero-order valence-corrected chi connectivity index (χ0v) is 8.35. The first-order chi connectivity index (χ1) is 6.34. The molecule has 0 saturated carbocycles. The van der Waals surface area contributed by atoms with Crippen molar-refractivity contribution in [3.05, 3.63) is 34.9 Å². The van der Waals surface area contributed by atoms with Gasteiger partial charge < -0.3 is 5.32 Å². The summed E-state index contributed by atoms with van der Waals surface area (Å²) in [6.07, 6.45) is 2.44. The maximum Gasteiger partial charge on any atom is 0.0408 e. The van der Waals surface area contributed by atoms with Crippen molar-refractivity contribution in [2.24, 2.45) is 5.92 Å². The van der Waals surface area contributed by atoms with Gasteiger partial charge in [0.15, 0.2) is 0 Å². The highest BCUT2D eigenvalue weighted by atomic mass is 35.5. The zero-order chi connectivity index (χ0) is 9.10. The smallest absolute Gasteiger partial charge is 0.0408 e. The van der Waals surface area contributed by atoms with Crippen molar-refractivity contribution >= 4 is 11.6 Å². The Bertz CT molecular complexity index is 281. The molecule has 0 aliphatic carbocycles. The molecule has 0 spiro atoms. The van der Waals surface area contributed by atoms with Crippen molar-refractivity contribution in [3.63, 3.8) is 0 Å². The second kappa shape index (κ2) is 4.12. The van der Waals surface area contributed by atoms with Crippen molar-refractivity contribution < 1.29 is 0 Å². The van der Waals surface area contributed by atoms with Gasteiger partial charge >= 0.3 is 0 Å². The summed E-state index contributed by atoms with van der Waals surface area (Å²) in [4.78, 5) is 0. The Morgan fingerprint density at radius 1 is 1.38 bits per heavy atom. The van der Waals surface area contributed by atoms with E-state index in [9.17, 15) is 0 Å². The average molecular weight is 196 g/mol. The molecule has 1 aromatic rings. The van der Waals surface area contributed by atoms with E-state index < -0.39 is 0 Å². The minimum absolute atomic E-state index is 0.851. The molecule has 1 aromatic carbocycles. The van der Waals surface area contributed by atoms with Crippen molar-refractivity contribution in [2.75, 3.05) is 13.1 Å². The highest BCUT2D eigenvalue weighted by Crippen LogP contribution is 2.16. The summed E-state index contributed by atoms with van der Waals surface area (Å²) < 4.78 is 0. The maximum absolute atomic E-state index is 5.90. The Balaban J connectivity index is 1.86. The van der Waals surface area contributed by atoms with Crippen LogP contribution in [0.15, 0.2) is 24.3 Å². The highest BCUT2D eigenvalue weighted by Gasteiger charge is 2.15. The van der Waals surface area contributed by atoms with Gasteiger partial charge in [0, 0.05) is 5.02 Å². The lowest BCUT2D eigenvalue weighted by atomic mass is 9.95. The normalized spacial score (nSPS) is 17.0. The van der Waals surface area contributed by atoms with E-state index in [-0.39, 0.29) is 0 Å².